The van der Waals surface area contributed by atoms with Gasteiger partial charge in [-0.25, -0.2) is 4.79 Å². The van der Waals surface area contributed by atoms with Gasteiger partial charge in [-0.2, -0.15) is 0 Å². The number of carboxylic acids is 1. The van der Waals surface area contributed by atoms with E-state index in [1.807, 2.05) is 6.92 Å². The van der Waals surface area contributed by atoms with Crippen LogP contribution in [0.5, 0.6) is 0 Å². The Bertz CT molecular complexity index is 599. The van der Waals surface area contributed by atoms with Crippen LogP contribution < -0.4 is 21.7 Å². The van der Waals surface area contributed by atoms with E-state index in [0.29, 0.717) is 12.8 Å². The summed E-state index contributed by atoms with van der Waals surface area (Å²) in [5, 5.41) is 35.1. The standard InChI is InChI=1S/C19H36N4O7/c1-6-9(3)13(21-16(26)12(20)8-24)17(27)22-14(10(4)7-2)18(28)23-15(11(5)25)19(29)30/h9-15,24-25H,6-8,20H2,1-5H3,(H,21,26)(H,22,27)(H,23,28)(H,29,30). The third-order valence-electron chi connectivity index (χ3n) is 5.17. The van der Waals surface area contributed by atoms with E-state index in [1.54, 1.807) is 20.8 Å². The van der Waals surface area contributed by atoms with Crippen LogP contribution >= 0.6 is 0 Å². The Morgan fingerprint density at radius 2 is 1.17 bits per heavy atom. The van der Waals surface area contributed by atoms with Crippen molar-refractivity contribution in [3.63, 3.8) is 0 Å². The molecular formula is C19H36N4O7. The molecule has 0 aliphatic heterocycles. The van der Waals surface area contributed by atoms with Crippen molar-refractivity contribution < 1.29 is 34.5 Å². The Labute approximate surface area is 176 Å². The maximum absolute atomic E-state index is 12.9. The van der Waals surface area contributed by atoms with Crippen molar-refractivity contribution >= 4 is 23.7 Å². The fourth-order valence-corrected chi connectivity index (χ4v) is 2.62. The number of aliphatic hydroxyl groups excluding tert-OH is 2. The van der Waals surface area contributed by atoms with Crippen LogP contribution in [0.25, 0.3) is 0 Å². The van der Waals surface area contributed by atoms with E-state index in [0.717, 1.165) is 0 Å². The number of hydrogen-bond donors (Lipinski definition) is 7. The van der Waals surface area contributed by atoms with Crippen molar-refractivity contribution in [3.05, 3.63) is 0 Å². The molecule has 11 nitrogen and oxygen atoms in total. The fourth-order valence-electron chi connectivity index (χ4n) is 2.62. The van der Waals surface area contributed by atoms with Crippen LogP contribution in [0, 0.1) is 11.8 Å². The average Bonchev–Trinajstić information content (AvgIpc) is 2.70. The van der Waals surface area contributed by atoms with Gasteiger partial charge in [0.2, 0.25) is 17.7 Å². The second-order valence-corrected chi connectivity index (χ2v) is 7.60. The number of carboxylic acid groups (broad SMARTS) is 1. The van der Waals surface area contributed by atoms with Crippen molar-refractivity contribution in [2.75, 3.05) is 6.61 Å². The van der Waals surface area contributed by atoms with Gasteiger partial charge in [-0.05, 0) is 18.8 Å². The first-order valence-corrected chi connectivity index (χ1v) is 10.1. The van der Waals surface area contributed by atoms with Crippen molar-refractivity contribution in [3.8, 4) is 0 Å². The van der Waals surface area contributed by atoms with Crippen LogP contribution in [0.2, 0.25) is 0 Å². The second kappa shape index (κ2) is 13.1. The zero-order chi connectivity index (χ0) is 23.6. The zero-order valence-corrected chi connectivity index (χ0v) is 18.2. The highest BCUT2D eigenvalue weighted by Crippen LogP contribution is 2.13. The van der Waals surface area contributed by atoms with Gasteiger partial charge in [0, 0.05) is 0 Å². The van der Waals surface area contributed by atoms with Gasteiger partial charge in [0.15, 0.2) is 6.04 Å². The van der Waals surface area contributed by atoms with Gasteiger partial charge in [0.05, 0.1) is 12.7 Å². The van der Waals surface area contributed by atoms with Gasteiger partial charge >= 0.3 is 5.97 Å². The number of aliphatic carboxylic acids is 1. The summed E-state index contributed by atoms with van der Waals surface area (Å²) < 4.78 is 0. The zero-order valence-electron chi connectivity index (χ0n) is 18.2. The van der Waals surface area contributed by atoms with Crippen LogP contribution in [0.3, 0.4) is 0 Å². The normalized spacial score (nSPS) is 18.1. The number of carbonyl (C=O) groups is 4. The van der Waals surface area contributed by atoms with E-state index in [1.165, 1.54) is 6.92 Å². The number of nitrogens with two attached hydrogens (primary N) is 1. The Kier molecular flexibility index (Phi) is 12.2. The van der Waals surface area contributed by atoms with Crippen molar-refractivity contribution in [1.29, 1.82) is 0 Å². The number of nitrogens with one attached hydrogen (secondary N) is 3. The molecule has 174 valence electrons. The first-order valence-electron chi connectivity index (χ1n) is 10.1. The van der Waals surface area contributed by atoms with E-state index in [4.69, 9.17) is 10.8 Å². The van der Waals surface area contributed by atoms with Crippen LogP contribution in [0.4, 0.5) is 0 Å². The largest absolute Gasteiger partial charge is 0.480 e. The van der Waals surface area contributed by atoms with E-state index in [9.17, 15) is 29.4 Å². The highest BCUT2D eigenvalue weighted by atomic mass is 16.4. The number of rotatable bonds is 13. The maximum Gasteiger partial charge on any atom is 0.328 e. The Morgan fingerprint density at radius 3 is 1.47 bits per heavy atom. The molecule has 0 aromatic heterocycles. The fraction of sp³-hybridized carbons (Fsp3) is 0.789. The summed E-state index contributed by atoms with van der Waals surface area (Å²) in [5.74, 6) is -4.16. The summed E-state index contributed by atoms with van der Waals surface area (Å²) in [5.41, 5.74) is 5.50. The number of amides is 3. The number of hydrogen-bond acceptors (Lipinski definition) is 7. The van der Waals surface area contributed by atoms with E-state index >= 15 is 0 Å². The second-order valence-electron chi connectivity index (χ2n) is 7.60. The van der Waals surface area contributed by atoms with Crippen LogP contribution in [0.15, 0.2) is 0 Å². The Hall–Kier alpha value is -2.24. The minimum atomic E-state index is -1.53. The molecule has 30 heavy (non-hydrogen) atoms. The lowest BCUT2D eigenvalue weighted by Crippen LogP contribution is -2.61. The summed E-state index contributed by atoms with van der Waals surface area (Å²) in [6, 6.07) is -4.82. The third kappa shape index (κ3) is 8.25. The van der Waals surface area contributed by atoms with Crippen LogP contribution in [-0.4, -0.2) is 75.9 Å². The third-order valence-corrected chi connectivity index (χ3v) is 5.17. The molecule has 0 radical (unpaired) electrons. The molecule has 0 saturated heterocycles. The van der Waals surface area contributed by atoms with E-state index in [2.05, 4.69) is 16.0 Å². The molecule has 0 spiro atoms. The lowest BCUT2D eigenvalue weighted by molar-refractivity contribution is -0.145. The summed E-state index contributed by atoms with van der Waals surface area (Å²) in [7, 11) is 0. The lowest BCUT2D eigenvalue weighted by atomic mass is 9.94. The molecule has 0 aromatic rings. The summed E-state index contributed by atoms with van der Waals surface area (Å²) in [6.07, 6.45) is -0.303. The van der Waals surface area contributed by atoms with E-state index < -0.39 is 60.6 Å². The number of aliphatic hydroxyl groups is 2. The molecule has 0 aliphatic rings. The van der Waals surface area contributed by atoms with E-state index in [-0.39, 0.29) is 11.8 Å². The van der Waals surface area contributed by atoms with Gasteiger partial charge in [-0.15, -0.1) is 0 Å². The molecule has 0 saturated carbocycles. The minimum Gasteiger partial charge on any atom is -0.480 e. The van der Waals surface area contributed by atoms with Crippen LogP contribution in [-0.2, 0) is 19.2 Å². The van der Waals surface area contributed by atoms with Gasteiger partial charge in [0.1, 0.15) is 18.1 Å². The van der Waals surface area contributed by atoms with Gasteiger partial charge in [-0.3, -0.25) is 14.4 Å². The minimum absolute atomic E-state index is 0.301. The van der Waals surface area contributed by atoms with Gasteiger partial charge in [0.25, 0.3) is 0 Å². The van der Waals surface area contributed by atoms with Crippen molar-refractivity contribution in [2.24, 2.45) is 17.6 Å². The Morgan fingerprint density at radius 1 is 0.800 bits per heavy atom. The first kappa shape index (κ1) is 27.8. The summed E-state index contributed by atoms with van der Waals surface area (Å²) >= 11 is 0. The molecule has 0 aromatic carbocycles. The average molecular weight is 433 g/mol. The molecule has 0 fully saturated rings. The van der Waals surface area contributed by atoms with Crippen molar-refractivity contribution in [1.82, 2.24) is 16.0 Å². The smallest absolute Gasteiger partial charge is 0.328 e. The predicted molar refractivity (Wildman–Crippen MR) is 109 cm³/mol. The van der Waals surface area contributed by atoms with Gasteiger partial charge < -0.3 is 37.0 Å². The first-order chi connectivity index (χ1) is 13.9. The predicted octanol–water partition coefficient (Wildman–Crippen LogP) is -1.68. The molecule has 0 aliphatic carbocycles. The van der Waals surface area contributed by atoms with Crippen molar-refractivity contribution in [2.45, 2.75) is 77.7 Å². The molecule has 11 heteroatoms. The monoisotopic (exact) mass is 432 g/mol. The molecular weight excluding hydrogens is 396 g/mol. The molecule has 0 rings (SSSR count). The molecule has 0 bridgehead atoms. The molecule has 7 atom stereocenters. The maximum atomic E-state index is 12.9. The quantitative estimate of drug-likeness (QED) is 0.179. The Balaban J connectivity index is 5.58. The molecule has 0 heterocycles. The molecule has 3 amide bonds. The number of carbonyl (C=O) groups excluding carboxylic acids is 3. The topological polar surface area (TPSA) is 191 Å². The SMILES string of the molecule is CCC(C)C(NC(=O)C(N)CO)C(=O)NC(C(=O)NC(C(=O)O)C(C)O)C(C)CC. The molecule has 7 unspecified atom stereocenters. The van der Waals surface area contributed by atoms with Gasteiger partial charge in [-0.1, -0.05) is 40.5 Å². The highest BCUT2D eigenvalue weighted by Gasteiger charge is 2.35. The lowest BCUT2D eigenvalue weighted by Gasteiger charge is -2.30. The summed E-state index contributed by atoms with van der Waals surface area (Å²) in [4.78, 5) is 48.9. The molecule has 8 N–H and O–H groups in total. The summed E-state index contributed by atoms with van der Waals surface area (Å²) in [6.45, 7) is 7.71. The highest BCUT2D eigenvalue weighted by molar-refractivity contribution is 5.94. The van der Waals surface area contributed by atoms with Crippen LogP contribution in [0.1, 0.15) is 47.5 Å².